The first-order valence-electron chi connectivity index (χ1n) is 8.61. The van der Waals surface area contributed by atoms with Gasteiger partial charge in [-0.3, -0.25) is 4.79 Å². The molecule has 0 fully saturated rings. The summed E-state index contributed by atoms with van der Waals surface area (Å²) in [5.41, 5.74) is 5.35. The molecule has 0 saturated heterocycles. The number of nitrogens with one attached hydrogen (secondary N) is 1. The molecule has 1 heterocycles. The van der Waals surface area contributed by atoms with Crippen LogP contribution in [0.15, 0.2) is 48.5 Å². The molecule has 1 N–H and O–H groups in total. The van der Waals surface area contributed by atoms with E-state index in [-0.39, 0.29) is 5.91 Å². The molecule has 26 heavy (non-hydrogen) atoms. The van der Waals surface area contributed by atoms with Crippen LogP contribution >= 0.6 is 0 Å². The molecule has 3 aromatic rings. The largest absolute Gasteiger partial charge is 0.352 e. The maximum absolute atomic E-state index is 13.3. The summed E-state index contributed by atoms with van der Waals surface area (Å²) in [6.45, 7) is 6.29. The quantitative estimate of drug-likeness (QED) is 0.758. The highest BCUT2D eigenvalue weighted by Gasteiger charge is 2.09. The summed E-state index contributed by atoms with van der Waals surface area (Å²) in [6.07, 6.45) is 0.706. The summed E-state index contributed by atoms with van der Waals surface area (Å²) in [5.74, 6) is -0.651. The van der Waals surface area contributed by atoms with E-state index in [4.69, 9.17) is 0 Å². The number of nitrogens with zero attached hydrogens (tertiary/aromatic N) is 2. The Labute approximate surface area is 152 Å². The maximum atomic E-state index is 13.3. The highest BCUT2D eigenvalue weighted by molar-refractivity contribution is 5.95. The Balaban J connectivity index is 1.59. The Hall–Kier alpha value is -2.95. The molecule has 0 spiro atoms. The number of carbonyl (C=O) groups excluding carboxylic acids is 1. The lowest BCUT2D eigenvalue weighted by Crippen LogP contribution is -2.26. The number of hydrogen-bond acceptors (Lipinski definition) is 2. The molecule has 134 valence electrons. The van der Waals surface area contributed by atoms with Gasteiger partial charge in [-0.25, -0.2) is 9.07 Å². The van der Waals surface area contributed by atoms with E-state index in [2.05, 4.69) is 10.4 Å². The number of hydrogen-bond donors (Lipinski definition) is 1. The fraction of sp³-hybridized carbons (Fsp3) is 0.238. The molecular weight excluding hydrogens is 329 g/mol. The summed E-state index contributed by atoms with van der Waals surface area (Å²) < 4.78 is 15.2. The summed E-state index contributed by atoms with van der Waals surface area (Å²) in [5, 5.41) is 7.32. The van der Waals surface area contributed by atoms with Gasteiger partial charge >= 0.3 is 0 Å². The molecule has 1 amide bonds. The van der Waals surface area contributed by atoms with Gasteiger partial charge in [0.1, 0.15) is 5.82 Å². The van der Waals surface area contributed by atoms with Crippen LogP contribution < -0.4 is 5.32 Å². The van der Waals surface area contributed by atoms with Gasteiger partial charge < -0.3 is 5.32 Å². The first-order chi connectivity index (χ1) is 12.4. The molecule has 3 rings (SSSR count). The lowest BCUT2D eigenvalue weighted by molar-refractivity contribution is 0.0953. The number of benzene rings is 2. The van der Waals surface area contributed by atoms with Gasteiger partial charge in [0, 0.05) is 17.8 Å². The van der Waals surface area contributed by atoms with Crippen LogP contribution in [0.3, 0.4) is 0 Å². The van der Waals surface area contributed by atoms with Crippen LogP contribution in [0.25, 0.3) is 5.69 Å². The Bertz CT molecular complexity index is 929. The van der Waals surface area contributed by atoms with Gasteiger partial charge in [0.25, 0.3) is 5.91 Å². The molecule has 4 nitrogen and oxygen atoms in total. The standard InChI is InChI=1S/C21H22FN3O/c1-14-4-7-18(22)13-20(14)21(26)23-11-10-17-5-8-19(9-6-17)25-16(3)12-15(2)24-25/h4-9,12-13H,10-11H2,1-3H3,(H,23,26). The predicted molar refractivity (Wildman–Crippen MR) is 100 cm³/mol. The van der Waals surface area contributed by atoms with Crippen LogP contribution in [-0.4, -0.2) is 22.2 Å². The van der Waals surface area contributed by atoms with E-state index in [1.165, 1.54) is 12.1 Å². The smallest absolute Gasteiger partial charge is 0.251 e. The number of halogens is 1. The topological polar surface area (TPSA) is 46.9 Å². The third-order valence-electron chi connectivity index (χ3n) is 4.33. The van der Waals surface area contributed by atoms with Crippen molar-refractivity contribution in [2.24, 2.45) is 0 Å². The molecule has 0 unspecified atom stereocenters. The van der Waals surface area contributed by atoms with Gasteiger partial charge in [-0.05, 0) is 68.7 Å². The summed E-state index contributed by atoms with van der Waals surface area (Å²) in [4.78, 5) is 12.2. The lowest BCUT2D eigenvalue weighted by atomic mass is 10.1. The number of aromatic nitrogens is 2. The summed E-state index contributed by atoms with van der Waals surface area (Å²) >= 11 is 0. The SMILES string of the molecule is Cc1cc(C)n(-c2ccc(CCNC(=O)c3cc(F)ccc3C)cc2)n1. The van der Waals surface area contributed by atoms with Crippen molar-refractivity contribution in [3.05, 3.63) is 82.4 Å². The second-order valence-corrected chi connectivity index (χ2v) is 6.47. The highest BCUT2D eigenvalue weighted by atomic mass is 19.1. The highest BCUT2D eigenvalue weighted by Crippen LogP contribution is 2.14. The first-order valence-corrected chi connectivity index (χ1v) is 8.61. The van der Waals surface area contributed by atoms with E-state index in [1.54, 1.807) is 13.0 Å². The van der Waals surface area contributed by atoms with E-state index < -0.39 is 5.82 Å². The van der Waals surface area contributed by atoms with Crippen molar-refractivity contribution in [2.75, 3.05) is 6.54 Å². The Kier molecular flexibility index (Phi) is 5.16. The molecule has 0 atom stereocenters. The van der Waals surface area contributed by atoms with Crippen molar-refractivity contribution >= 4 is 5.91 Å². The average molecular weight is 351 g/mol. The third kappa shape index (κ3) is 3.99. The van der Waals surface area contributed by atoms with Crippen LogP contribution in [0.4, 0.5) is 4.39 Å². The van der Waals surface area contributed by atoms with Crippen molar-refractivity contribution < 1.29 is 9.18 Å². The van der Waals surface area contributed by atoms with Crippen LogP contribution in [0.1, 0.15) is 32.9 Å². The molecule has 0 aliphatic rings. The second-order valence-electron chi connectivity index (χ2n) is 6.47. The Morgan fingerprint density at radius 2 is 1.81 bits per heavy atom. The Morgan fingerprint density at radius 1 is 1.08 bits per heavy atom. The molecule has 0 bridgehead atoms. The van der Waals surface area contributed by atoms with Crippen molar-refractivity contribution in [3.8, 4) is 5.69 Å². The molecule has 1 aromatic heterocycles. The van der Waals surface area contributed by atoms with E-state index in [1.807, 2.05) is 48.9 Å². The fourth-order valence-corrected chi connectivity index (χ4v) is 2.95. The molecule has 0 radical (unpaired) electrons. The maximum Gasteiger partial charge on any atom is 0.251 e. The zero-order valence-corrected chi connectivity index (χ0v) is 15.2. The molecule has 0 aliphatic heterocycles. The van der Waals surface area contributed by atoms with Gasteiger partial charge in [0.05, 0.1) is 11.4 Å². The van der Waals surface area contributed by atoms with E-state index in [0.717, 1.165) is 28.2 Å². The van der Waals surface area contributed by atoms with Crippen LogP contribution in [0.2, 0.25) is 0 Å². The third-order valence-corrected chi connectivity index (χ3v) is 4.33. The van der Waals surface area contributed by atoms with Gasteiger partial charge in [-0.2, -0.15) is 5.10 Å². The molecule has 2 aromatic carbocycles. The zero-order valence-electron chi connectivity index (χ0n) is 15.2. The number of amides is 1. The minimum atomic E-state index is -0.402. The molecule has 0 saturated carbocycles. The van der Waals surface area contributed by atoms with Gasteiger partial charge in [-0.1, -0.05) is 18.2 Å². The van der Waals surface area contributed by atoms with Gasteiger partial charge in [0.2, 0.25) is 0 Å². The van der Waals surface area contributed by atoms with Gasteiger partial charge in [-0.15, -0.1) is 0 Å². The van der Waals surface area contributed by atoms with E-state index in [9.17, 15) is 9.18 Å². The predicted octanol–water partition coefficient (Wildman–Crippen LogP) is 3.91. The summed E-state index contributed by atoms with van der Waals surface area (Å²) in [7, 11) is 0. The Morgan fingerprint density at radius 3 is 2.46 bits per heavy atom. The fourth-order valence-electron chi connectivity index (χ4n) is 2.95. The molecular formula is C21H22FN3O. The average Bonchev–Trinajstić information content (AvgIpc) is 2.96. The normalized spacial score (nSPS) is 10.8. The van der Waals surface area contributed by atoms with Crippen molar-refractivity contribution in [1.82, 2.24) is 15.1 Å². The van der Waals surface area contributed by atoms with Crippen LogP contribution in [0.5, 0.6) is 0 Å². The van der Waals surface area contributed by atoms with Crippen LogP contribution in [0, 0.1) is 26.6 Å². The second kappa shape index (κ2) is 7.52. The van der Waals surface area contributed by atoms with Crippen molar-refractivity contribution in [3.63, 3.8) is 0 Å². The molecule has 5 heteroatoms. The lowest BCUT2D eigenvalue weighted by Gasteiger charge is -2.09. The van der Waals surface area contributed by atoms with E-state index >= 15 is 0 Å². The monoisotopic (exact) mass is 351 g/mol. The zero-order chi connectivity index (χ0) is 18.7. The minimum Gasteiger partial charge on any atom is -0.352 e. The summed E-state index contributed by atoms with van der Waals surface area (Å²) in [6, 6.07) is 14.4. The van der Waals surface area contributed by atoms with E-state index in [0.29, 0.717) is 18.5 Å². The number of aryl methyl sites for hydroxylation is 3. The number of rotatable bonds is 5. The van der Waals surface area contributed by atoms with Crippen molar-refractivity contribution in [1.29, 1.82) is 0 Å². The van der Waals surface area contributed by atoms with Gasteiger partial charge in [0.15, 0.2) is 0 Å². The number of carbonyl (C=O) groups is 1. The first kappa shape index (κ1) is 17.9. The van der Waals surface area contributed by atoms with Crippen LogP contribution in [-0.2, 0) is 6.42 Å². The van der Waals surface area contributed by atoms with Crippen molar-refractivity contribution in [2.45, 2.75) is 27.2 Å². The minimum absolute atomic E-state index is 0.249. The molecule has 0 aliphatic carbocycles.